The fraction of sp³-hybridized carbons (Fsp3) is 0.652. The normalized spacial score (nSPS) is 24.1. The molecule has 3 unspecified atom stereocenters. The zero-order valence-electron chi connectivity index (χ0n) is 19.3. The van der Waals surface area contributed by atoms with Gasteiger partial charge in [0.25, 0.3) is 0 Å². The van der Waals surface area contributed by atoms with Crippen LogP contribution >= 0.6 is 24.0 Å². The van der Waals surface area contributed by atoms with Crippen molar-refractivity contribution in [2.75, 3.05) is 13.6 Å². The molecule has 1 aromatic carbocycles. The van der Waals surface area contributed by atoms with Crippen molar-refractivity contribution in [3.8, 4) is 5.75 Å². The average molecular weight is 544 g/mol. The lowest BCUT2D eigenvalue weighted by molar-refractivity contribution is 0.00544. The minimum atomic E-state index is -0.462. The molecule has 1 aromatic rings. The van der Waals surface area contributed by atoms with Crippen molar-refractivity contribution in [3.63, 3.8) is 0 Å². The Morgan fingerprint density at radius 2 is 1.81 bits per heavy atom. The number of piperidine rings is 1. The number of rotatable bonds is 5. The van der Waals surface area contributed by atoms with E-state index in [1.165, 1.54) is 0 Å². The fourth-order valence-corrected chi connectivity index (χ4v) is 4.31. The van der Waals surface area contributed by atoms with Crippen molar-refractivity contribution in [2.24, 2.45) is 4.99 Å². The van der Waals surface area contributed by atoms with Gasteiger partial charge in [0, 0.05) is 25.2 Å². The molecule has 2 saturated heterocycles. The number of hydrogen-bond acceptors (Lipinski definition) is 4. The van der Waals surface area contributed by atoms with Gasteiger partial charge in [-0.3, -0.25) is 4.99 Å². The van der Waals surface area contributed by atoms with Crippen LogP contribution in [-0.4, -0.2) is 60.4 Å². The smallest absolute Gasteiger partial charge is 0.410 e. The number of hydrogen-bond donors (Lipinski definition) is 2. The molecule has 174 valence electrons. The van der Waals surface area contributed by atoms with E-state index in [0.29, 0.717) is 6.54 Å². The van der Waals surface area contributed by atoms with Crippen molar-refractivity contribution >= 4 is 36.0 Å². The number of fused-ring (bicyclic) bond motifs is 2. The molecule has 0 spiro atoms. The molecular formula is C23H37IN4O3. The highest BCUT2D eigenvalue weighted by Crippen LogP contribution is 2.36. The standard InChI is InChI=1S/C23H36N4O3.HI/c1-16(29-20-9-7-6-8-10-20)15-25-21(24-5)26-17-13-18-11-12-19(14-17)27(18)22(28)30-23(2,3)4;/h6-10,16-19H,11-15H2,1-5H3,(H2,24,25,26);1H. The first-order valence-corrected chi connectivity index (χ1v) is 11.0. The van der Waals surface area contributed by atoms with E-state index in [9.17, 15) is 4.79 Å². The molecule has 2 aliphatic heterocycles. The summed E-state index contributed by atoms with van der Waals surface area (Å²) in [7, 11) is 1.78. The lowest BCUT2D eigenvalue weighted by atomic mass is 9.98. The van der Waals surface area contributed by atoms with Gasteiger partial charge in [0.1, 0.15) is 17.5 Å². The summed E-state index contributed by atoms with van der Waals surface area (Å²) in [5.41, 5.74) is -0.462. The van der Waals surface area contributed by atoms with E-state index in [1.807, 2.05) is 62.9 Å². The number of carbonyl (C=O) groups excluding carboxylic acids is 1. The topological polar surface area (TPSA) is 75.2 Å². The molecule has 2 bridgehead atoms. The maximum absolute atomic E-state index is 12.6. The summed E-state index contributed by atoms with van der Waals surface area (Å²) < 4.78 is 11.5. The fourth-order valence-electron chi connectivity index (χ4n) is 4.31. The Labute approximate surface area is 203 Å². The number of benzene rings is 1. The zero-order valence-corrected chi connectivity index (χ0v) is 21.6. The Kier molecular flexibility index (Phi) is 9.27. The van der Waals surface area contributed by atoms with Gasteiger partial charge in [-0.2, -0.15) is 0 Å². The SMILES string of the molecule is CN=C(NCC(C)Oc1ccccc1)NC1CC2CCC(C1)N2C(=O)OC(C)(C)C.I. The average Bonchev–Trinajstić information content (AvgIpc) is 2.95. The van der Waals surface area contributed by atoms with Crippen LogP contribution in [0.2, 0.25) is 0 Å². The minimum Gasteiger partial charge on any atom is -0.489 e. The second-order valence-corrected chi connectivity index (χ2v) is 9.28. The maximum atomic E-state index is 12.6. The lowest BCUT2D eigenvalue weighted by Crippen LogP contribution is -2.55. The summed E-state index contributed by atoms with van der Waals surface area (Å²) in [4.78, 5) is 19.0. The van der Waals surface area contributed by atoms with Gasteiger partial charge in [-0.15, -0.1) is 24.0 Å². The number of aliphatic imine (C=N–C) groups is 1. The van der Waals surface area contributed by atoms with Crippen molar-refractivity contribution < 1.29 is 14.3 Å². The molecule has 0 aromatic heterocycles. The molecule has 1 amide bonds. The van der Waals surface area contributed by atoms with E-state index in [1.54, 1.807) is 7.05 Å². The van der Waals surface area contributed by atoms with Gasteiger partial charge >= 0.3 is 6.09 Å². The molecular weight excluding hydrogens is 507 g/mol. The van der Waals surface area contributed by atoms with E-state index < -0.39 is 5.60 Å². The van der Waals surface area contributed by atoms with E-state index in [-0.39, 0.29) is 54.3 Å². The molecule has 0 saturated carbocycles. The third-order valence-corrected chi connectivity index (χ3v) is 5.54. The molecule has 2 aliphatic rings. The highest BCUT2D eigenvalue weighted by Gasteiger charge is 2.45. The van der Waals surface area contributed by atoms with Gasteiger partial charge in [-0.25, -0.2) is 4.79 Å². The zero-order chi connectivity index (χ0) is 21.7. The van der Waals surface area contributed by atoms with Gasteiger partial charge in [-0.05, 0) is 65.5 Å². The molecule has 2 N–H and O–H groups in total. The number of ether oxygens (including phenoxy) is 2. The van der Waals surface area contributed by atoms with Gasteiger partial charge < -0.3 is 25.0 Å². The second kappa shape index (κ2) is 11.2. The molecule has 2 fully saturated rings. The van der Waals surface area contributed by atoms with Gasteiger partial charge in [-0.1, -0.05) is 18.2 Å². The summed E-state index contributed by atoms with van der Waals surface area (Å²) in [5.74, 6) is 1.63. The highest BCUT2D eigenvalue weighted by atomic mass is 127. The van der Waals surface area contributed by atoms with Crippen molar-refractivity contribution in [2.45, 2.75) is 83.2 Å². The Morgan fingerprint density at radius 1 is 1.19 bits per heavy atom. The van der Waals surface area contributed by atoms with Crippen molar-refractivity contribution in [1.29, 1.82) is 0 Å². The summed E-state index contributed by atoms with van der Waals surface area (Å²) >= 11 is 0. The van der Waals surface area contributed by atoms with Gasteiger partial charge in [0.15, 0.2) is 5.96 Å². The highest BCUT2D eigenvalue weighted by molar-refractivity contribution is 14.0. The van der Waals surface area contributed by atoms with Crippen LogP contribution in [0.1, 0.15) is 53.4 Å². The van der Waals surface area contributed by atoms with E-state index in [0.717, 1.165) is 37.4 Å². The molecule has 31 heavy (non-hydrogen) atoms. The van der Waals surface area contributed by atoms with Crippen LogP contribution in [0, 0.1) is 0 Å². The quantitative estimate of drug-likeness (QED) is 0.331. The summed E-state index contributed by atoms with van der Waals surface area (Å²) in [6.45, 7) is 8.43. The number of amides is 1. The van der Waals surface area contributed by atoms with Crippen LogP contribution in [-0.2, 0) is 4.74 Å². The second-order valence-electron chi connectivity index (χ2n) is 9.28. The van der Waals surface area contributed by atoms with Gasteiger partial charge in [0.05, 0.1) is 6.54 Å². The lowest BCUT2D eigenvalue weighted by Gasteiger charge is -2.40. The Balaban J connectivity index is 0.00000341. The largest absolute Gasteiger partial charge is 0.489 e. The van der Waals surface area contributed by atoms with Crippen LogP contribution in [0.25, 0.3) is 0 Å². The number of nitrogens with one attached hydrogen (secondary N) is 2. The molecule has 0 aliphatic carbocycles. The third kappa shape index (κ3) is 7.43. The van der Waals surface area contributed by atoms with E-state index >= 15 is 0 Å². The van der Waals surface area contributed by atoms with Gasteiger partial charge in [0.2, 0.25) is 0 Å². The van der Waals surface area contributed by atoms with E-state index in [2.05, 4.69) is 15.6 Å². The minimum absolute atomic E-state index is 0. The van der Waals surface area contributed by atoms with Crippen molar-refractivity contribution in [1.82, 2.24) is 15.5 Å². The molecule has 7 nitrogen and oxygen atoms in total. The Morgan fingerprint density at radius 3 is 2.35 bits per heavy atom. The first-order chi connectivity index (χ1) is 14.2. The summed E-state index contributed by atoms with van der Waals surface area (Å²) in [6.07, 6.45) is 3.73. The summed E-state index contributed by atoms with van der Waals surface area (Å²) in [6, 6.07) is 10.6. The summed E-state index contributed by atoms with van der Waals surface area (Å²) in [5, 5.41) is 6.90. The molecule has 2 heterocycles. The Bertz CT molecular complexity index is 724. The van der Waals surface area contributed by atoms with Crippen molar-refractivity contribution in [3.05, 3.63) is 30.3 Å². The van der Waals surface area contributed by atoms with Crippen LogP contribution in [0.3, 0.4) is 0 Å². The van der Waals surface area contributed by atoms with Crippen LogP contribution < -0.4 is 15.4 Å². The first-order valence-electron chi connectivity index (χ1n) is 11.0. The van der Waals surface area contributed by atoms with Crippen LogP contribution in [0.4, 0.5) is 4.79 Å². The number of para-hydroxylation sites is 1. The first kappa shape index (κ1) is 25.5. The Hall–Kier alpha value is -1.71. The number of guanidine groups is 1. The maximum Gasteiger partial charge on any atom is 0.410 e. The predicted molar refractivity (Wildman–Crippen MR) is 134 cm³/mol. The van der Waals surface area contributed by atoms with Crippen LogP contribution in [0.5, 0.6) is 5.75 Å². The number of carbonyl (C=O) groups is 1. The molecule has 3 rings (SSSR count). The predicted octanol–water partition coefficient (Wildman–Crippen LogP) is 4.17. The number of nitrogens with zero attached hydrogens (tertiary/aromatic N) is 2. The number of halogens is 1. The molecule has 3 atom stereocenters. The molecule has 8 heteroatoms. The van der Waals surface area contributed by atoms with E-state index in [4.69, 9.17) is 9.47 Å². The third-order valence-electron chi connectivity index (χ3n) is 5.54. The molecule has 0 radical (unpaired) electrons. The monoisotopic (exact) mass is 544 g/mol. The van der Waals surface area contributed by atoms with Crippen LogP contribution in [0.15, 0.2) is 35.3 Å².